The summed E-state index contributed by atoms with van der Waals surface area (Å²) in [6.07, 6.45) is -1.77. The molecular formula is C23H38O9. The second kappa shape index (κ2) is 14.4. The molecule has 1 saturated heterocycles. The zero-order valence-electron chi connectivity index (χ0n) is 19.5. The van der Waals surface area contributed by atoms with Crippen molar-refractivity contribution >= 4 is 11.9 Å². The van der Waals surface area contributed by atoms with E-state index in [0.29, 0.717) is 19.3 Å². The summed E-state index contributed by atoms with van der Waals surface area (Å²) in [5, 5.41) is 30.3. The molecule has 1 unspecified atom stereocenters. The van der Waals surface area contributed by atoms with Crippen LogP contribution in [-0.2, 0) is 28.5 Å². The van der Waals surface area contributed by atoms with Crippen LogP contribution in [0.2, 0.25) is 0 Å². The lowest BCUT2D eigenvalue weighted by Crippen LogP contribution is -2.60. The highest BCUT2D eigenvalue weighted by atomic mass is 16.7. The maximum absolute atomic E-state index is 12.1. The second-order valence-electron chi connectivity index (χ2n) is 8.16. The van der Waals surface area contributed by atoms with Gasteiger partial charge in [0.15, 0.2) is 12.4 Å². The first-order valence-corrected chi connectivity index (χ1v) is 11.0. The Morgan fingerprint density at radius 3 is 2.47 bits per heavy atom. The summed E-state index contributed by atoms with van der Waals surface area (Å²) < 4.78 is 21.3. The van der Waals surface area contributed by atoms with Gasteiger partial charge in [0.2, 0.25) is 0 Å². The summed E-state index contributed by atoms with van der Waals surface area (Å²) >= 11 is 0. The number of rotatable bonds is 13. The molecule has 0 aromatic rings. The molecule has 1 rings (SSSR count). The summed E-state index contributed by atoms with van der Waals surface area (Å²) in [5.74, 6) is -1.25. The van der Waals surface area contributed by atoms with Gasteiger partial charge in [-0.3, -0.25) is 9.59 Å². The van der Waals surface area contributed by atoms with Crippen molar-refractivity contribution in [1.82, 2.24) is 0 Å². The Bertz CT molecular complexity index is 645. The number of aliphatic hydroxyl groups is 3. The first-order valence-electron chi connectivity index (χ1n) is 11.0. The van der Waals surface area contributed by atoms with Crippen molar-refractivity contribution in [2.24, 2.45) is 5.92 Å². The molecule has 0 saturated carbocycles. The van der Waals surface area contributed by atoms with Crippen LogP contribution in [0.4, 0.5) is 0 Å². The lowest BCUT2D eigenvalue weighted by molar-refractivity contribution is -0.303. The zero-order valence-corrected chi connectivity index (χ0v) is 19.5. The molecule has 9 heteroatoms. The number of allylic oxidation sites excluding steroid dienone is 1. The van der Waals surface area contributed by atoms with Crippen molar-refractivity contribution in [3.8, 4) is 0 Å². The summed E-state index contributed by atoms with van der Waals surface area (Å²) in [4.78, 5) is 22.9. The van der Waals surface area contributed by atoms with Gasteiger partial charge in [-0.2, -0.15) is 0 Å². The maximum atomic E-state index is 12.1. The minimum atomic E-state index is -1.40. The lowest BCUT2D eigenvalue weighted by atomic mass is 9.98. The summed E-state index contributed by atoms with van der Waals surface area (Å²) in [7, 11) is 0. The third kappa shape index (κ3) is 9.38. The molecule has 1 heterocycles. The van der Waals surface area contributed by atoms with Gasteiger partial charge in [-0.15, -0.1) is 0 Å². The van der Waals surface area contributed by atoms with Crippen molar-refractivity contribution in [3.05, 3.63) is 23.8 Å². The number of aliphatic hydroxyl groups excluding tert-OH is 3. The molecular weight excluding hydrogens is 420 g/mol. The van der Waals surface area contributed by atoms with Crippen molar-refractivity contribution in [2.75, 3.05) is 19.8 Å². The molecule has 184 valence electrons. The number of carbonyl (C=O) groups is 2. The smallest absolute Gasteiger partial charge is 0.309 e. The van der Waals surface area contributed by atoms with Gasteiger partial charge >= 0.3 is 11.9 Å². The van der Waals surface area contributed by atoms with Gasteiger partial charge in [0, 0.05) is 6.92 Å². The van der Waals surface area contributed by atoms with Gasteiger partial charge in [0.25, 0.3) is 0 Å². The normalized spacial score (nSPS) is 27.0. The highest BCUT2D eigenvalue weighted by Gasteiger charge is 2.47. The predicted octanol–water partition coefficient (Wildman–Crippen LogP) is 1.64. The van der Waals surface area contributed by atoms with E-state index >= 15 is 0 Å². The van der Waals surface area contributed by atoms with E-state index in [0.717, 1.165) is 17.6 Å². The Kier molecular flexibility index (Phi) is 12.7. The standard InChI is InChI=1S/C23H38O9/c1-6-16(4)22(28)32-21-19(26)18(12-24)31-23(20(21)27)29-11-10-14(2)8-7-9-15(3)13-30-17(5)25/h9,16,18-21,23-24,26-27H,2,6-8,10-13H2,1,3-5H3/b15-9-/t16?,18-,19-,20-,21+,23-/m1/s1. The average Bonchev–Trinajstić information content (AvgIpc) is 2.75. The van der Waals surface area contributed by atoms with Crippen LogP contribution in [0.15, 0.2) is 23.8 Å². The van der Waals surface area contributed by atoms with Crippen molar-refractivity contribution in [3.63, 3.8) is 0 Å². The molecule has 32 heavy (non-hydrogen) atoms. The van der Waals surface area contributed by atoms with Crippen molar-refractivity contribution < 1.29 is 43.9 Å². The largest absolute Gasteiger partial charge is 0.461 e. The molecule has 1 aliphatic heterocycles. The molecule has 9 nitrogen and oxygen atoms in total. The molecule has 0 aromatic carbocycles. The van der Waals surface area contributed by atoms with E-state index in [1.807, 2.05) is 19.9 Å². The predicted molar refractivity (Wildman–Crippen MR) is 116 cm³/mol. The van der Waals surface area contributed by atoms with Crippen LogP contribution < -0.4 is 0 Å². The van der Waals surface area contributed by atoms with E-state index < -0.39 is 43.3 Å². The fourth-order valence-electron chi connectivity index (χ4n) is 2.99. The van der Waals surface area contributed by atoms with Crippen molar-refractivity contribution in [2.45, 2.75) is 84.1 Å². The number of carbonyl (C=O) groups excluding carboxylic acids is 2. The molecule has 6 atom stereocenters. The van der Waals surface area contributed by atoms with Crippen LogP contribution in [-0.4, -0.2) is 77.8 Å². The van der Waals surface area contributed by atoms with E-state index in [1.165, 1.54) is 6.92 Å². The van der Waals surface area contributed by atoms with Gasteiger partial charge in [0.05, 0.1) is 19.1 Å². The molecule has 1 fully saturated rings. The van der Waals surface area contributed by atoms with Crippen LogP contribution in [0.5, 0.6) is 0 Å². The fraction of sp³-hybridized carbons (Fsp3) is 0.739. The van der Waals surface area contributed by atoms with Gasteiger partial charge in [-0.05, 0) is 38.2 Å². The van der Waals surface area contributed by atoms with E-state index in [2.05, 4.69) is 6.58 Å². The van der Waals surface area contributed by atoms with Crippen LogP contribution >= 0.6 is 0 Å². The Labute approximate surface area is 190 Å². The molecule has 0 bridgehead atoms. The highest BCUT2D eigenvalue weighted by Crippen LogP contribution is 2.26. The zero-order chi connectivity index (χ0) is 24.3. The van der Waals surface area contributed by atoms with Gasteiger partial charge in [-0.25, -0.2) is 0 Å². The molecule has 1 aliphatic rings. The number of esters is 2. The summed E-state index contributed by atoms with van der Waals surface area (Å²) in [6.45, 7) is 10.7. The van der Waals surface area contributed by atoms with E-state index in [4.69, 9.17) is 18.9 Å². The first-order chi connectivity index (χ1) is 15.1. The van der Waals surface area contributed by atoms with Gasteiger partial charge < -0.3 is 34.3 Å². The SMILES string of the molecule is C=C(CC/C=C(/C)COC(C)=O)CCO[C@@H]1O[C@H](CO)[C@@H](O)[C@H](OC(=O)C(C)CC)[C@H]1O. The quantitative estimate of drug-likeness (QED) is 0.278. The van der Waals surface area contributed by atoms with Crippen LogP contribution in [0, 0.1) is 5.92 Å². The topological polar surface area (TPSA) is 132 Å². The molecule has 0 aliphatic carbocycles. The Morgan fingerprint density at radius 2 is 1.88 bits per heavy atom. The molecule has 0 radical (unpaired) electrons. The third-order valence-corrected chi connectivity index (χ3v) is 5.32. The number of hydrogen-bond donors (Lipinski definition) is 3. The minimum Gasteiger partial charge on any atom is -0.461 e. The lowest BCUT2D eigenvalue weighted by Gasteiger charge is -2.41. The van der Waals surface area contributed by atoms with Crippen LogP contribution in [0.25, 0.3) is 0 Å². The monoisotopic (exact) mass is 458 g/mol. The summed E-state index contributed by atoms with van der Waals surface area (Å²) in [5.41, 5.74) is 1.87. The van der Waals surface area contributed by atoms with Gasteiger partial charge in [-0.1, -0.05) is 32.1 Å². The molecule has 0 aromatic heterocycles. The Hall–Kier alpha value is -1.78. The Morgan fingerprint density at radius 1 is 1.19 bits per heavy atom. The third-order valence-electron chi connectivity index (χ3n) is 5.32. The summed E-state index contributed by atoms with van der Waals surface area (Å²) in [6, 6.07) is 0. The number of hydrogen-bond acceptors (Lipinski definition) is 9. The minimum absolute atomic E-state index is 0.191. The number of ether oxygens (including phenoxy) is 4. The van der Waals surface area contributed by atoms with Crippen LogP contribution in [0.1, 0.15) is 53.4 Å². The maximum Gasteiger partial charge on any atom is 0.309 e. The van der Waals surface area contributed by atoms with Crippen LogP contribution in [0.3, 0.4) is 0 Å². The van der Waals surface area contributed by atoms with E-state index in [-0.39, 0.29) is 25.1 Å². The first kappa shape index (κ1) is 28.3. The highest BCUT2D eigenvalue weighted by molar-refractivity contribution is 5.72. The Balaban J connectivity index is 2.52. The molecule has 0 spiro atoms. The average molecular weight is 459 g/mol. The van der Waals surface area contributed by atoms with E-state index in [1.54, 1.807) is 6.92 Å². The fourth-order valence-corrected chi connectivity index (χ4v) is 2.99. The molecule has 0 amide bonds. The second-order valence-corrected chi connectivity index (χ2v) is 8.16. The molecule has 3 N–H and O–H groups in total. The van der Waals surface area contributed by atoms with Gasteiger partial charge in [0.1, 0.15) is 24.9 Å². The van der Waals surface area contributed by atoms with E-state index in [9.17, 15) is 24.9 Å². The van der Waals surface area contributed by atoms with Crippen molar-refractivity contribution in [1.29, 1.82) is 0 Å².